The fraction of sp³-hybridized carbons (Fsp3) is 0.619. The molecule has 31 heavy (non-hydrogen) atoms. The van der Waals surface area contributed by atoms with E-state index in [1.165, 1.54) is 10.4 Å². The van der Waals surface area contributed by atoms with Crippen molar-refractivity contribution in [3.63, 3.8) is 0 Å². The van der Waals surface area contributed by atoms with Gasteiger partial charge in [0, 0.05) is 38.2 Å². The highest BCUT2D eigenvalue weighted by Gasteiger charge is 2.34. The van der Waals surface area contributed by atoms with Crippen LogP contribution in [0.4, 0.5) is 5.69 Å². The Labute approximate surface area is 182 Å². The third-order valence-electron chi connectivity index (χ3n) is 6.18. The molecule has 2 amide bonds. The highest BCUT2D eigenvalue weighted by atomic mass is 32.2. The van der Waals surface area contributed by atoms with Crippen molar-refractivity contribution in [2.24, 2.45) is 5.92 Å². The first-order chi connectivity index (χ1) is 14.8. The number of anilines is 1. The predicted octanol–water partition coefficient (Wildman–Crippen LogP) is 1.41. The van der Waals surface area contributed by atoms with Crippen molar-refractivity contribution in [2.45, 2.75) is 56.6 Å². The Morgan fingerprint density at radius 3 is 2.68 bits per heavy atom. The van der Waals surface area contributed by atoms with E-state index in [0.29, 0.717) is 36.4 Å². The molecule has 10 heteroatoms. The molecule has 3 aliphatic heterocycles. The number of benzene rings is 1. The van der Waals surface area contributed by atoms with E-state index < -0.39 is 16.1 Å². The Morgan fingerprint density at radius 1 is 1.26 bits per heavy atom. The minimum atomic E-state index is -3.74. The van der Waals surface area contributed by atoms with E-state index in [1.807, 2.05) is 0 Å². The molecule has 3 heterocycles. The zero-order valence-electron chi connectivity index (χ0n) is 17.8. The molecule has 0 radical (unpaired) electrons. The van der Waals surface area contributed by atoms with Crippen molar-refractivity contribution in [2.75, 3.05) is 31.6 Å². The van der Waals surface area contributed by atoms with Gasteiger partial charge in [0.15, 0.2) is 6.10 Å². The summed E-state index contributed by atoms with van der Waals surface area (Å²) in [5.41, 5.74) is 1.01. The van der Waals surface area contributed by atoms with Gasteiger partial charge in [-0.25, -0.2) is 8.42 Å². The van der Waals surface area contributed by atoms with E-state index in [1.54, 1.807) is 19.9 Å². The zero-order chi connectivity index (χ0) is 22.2. The average Bonchev–Trinajstić information content (AvgIpc) is 3.26. The summed E-state index contributed by atoms with van der Waals surface area (Å²) in [5.74, 6) is -0.144. The number of nitrogens with zero attached hydrogens (tertiary/aromatic N) is 1. The molecule has 2 saturated heterocycles. The molecule has 2 atom stereocenters. The number of fused-ring (bicyclic) bond motifs is 1. The normalized spacial score (nSPS) is 24.9. The number of carbonyl (C=O) groups excluding carboxylic acids is 2. The van der Waals surface area contributed by atoms with Gasteiger partial charge in [-0.15, -0.1) is 0 Å². The van der Waals surface area contributed by atoms with E-state index in [-0.39, 0.29) is 41.8 Å². The number of hydrogen-bond donors (Lipinski definition) is 2. The smallest absolute Gasteiger partial charge is 0.265 e. The van der Waals surface area contributed by atoms with Crippen LogP contribution in [0.5, 0.6) is 5.75 Å². The molecular formula is C21H29N3O6S. The highest BCUT2D eigenvalue weighted by Crippen LogP contribution is 2.36. The van der Waals surface area contributed by atoms with Gasteiger partial charge in [0.25, 0.3) is 5.91 Å². The van der Waals surface area contributed by atoms with E-state index >= 15 is 0 Å². The van der Waals surface area contributed by atoms with Gasteiger partial charge in [-0.05, 0) is 51.2 Å². The predicted molar refractivity (Wildman–Crippen MR) is 113 cm³/mol. The molecule has 9 nitrogen and oxygen atoms in total. The molecule has 0 saturated carbocycles. The van der Waals surface area contributed by atoms with Crippen LogP contribution in [-0.2, 0) is 24.3 Å². The maximum atomic E-state index is 13.3. The molecule has 1 aromatic rings. The summed E-state index contributed by atoms with van der Waals surface area (Å²) in [6.07, 6.45) is 2.34. The Bertz CT molecular complexity index is 966. The Kier molecular flexibility index (Phi) is 6.23. The molecule has 0 spiro atoms. The lowest BCUT2D eigenvalue weighted by Crippen LogP contribution is -2.44. The van der Waals surface area contributed by atoms with Gasteiger partial charge in [0.2, 0.25) is 15.9 Å². The van der Waals surface area contributed by atoms with Crippen LogP contribution < -0.4 is 15.4 Å². The SMILES string of the molecule is Cc1cc2c(cc1S(=O)(=O)N1CCC(C(=O)NC[C@@H]3CCCO3)CC1)O[C@@H](C)C(=O)N2. The van der Waals surface area contributed by atoms with Crippen LogP contribution in [0.2, 0.25) is 0 Å². The molecule has 0 bridgehead atoms. The number of nitrogens with one attached hydrogen (secondary N) is 2. The minimum absolute atomic E-state index is 0.0318. The minimum Gasteiger partial charge on any atom is -0.479 e. The molecule has 0 aromatic heterocycles. The van der Waals surface area contributed by atoms with Crippen LogP contribution in [0.1, 0.15) is 38.2 Å². The fourth-order valence-electron chi connectivity index (χ4n) is 4.28. The zero-order valence-corrected chi connectivity index (χ0v) is 18.7. The number of sulfonamides is 1. The monoisotopic (exact) mass is 451 g/mol. The first-order valence-electron chi connectivity index (χ1n) is 10.8. The topological polar surface area (TPSA) is 114 Å². The molecule has 2 N–H and O–H groups in total. The van der Waals surface area contributed by atoms with Crippen LogP contribution in [0.25, 0.3) is 0 Å². The number of amides is 2. The number of ether oxygens (including phenoxy) is 2. The van der Waals surface area contributed by atoms with Gasteiger partial charge in [0.05, 0.1) is 16.7 Å². The maximum absolute atomic E-state index is 13.3. The number of carbonyl (C=O) groups is 2. The van der Waals surface area contributed by atoms with Gasteiger partial charge in [-0.1, -0.05) is 0 Å². The summed E-state index contributed by atoms with van der Waals surface area (Å²) in [6.45, 7) is 5.13. The van der Waals surface area contributed by atoms with Crippen LogP contribution in [0, 0.1) is 12.8 Å². The first kappa shape index (κ1) is 22.0. The first-order valence-corrected chi connectivity index (χ1v) is 12.2. The van der Waals surface area contributed by atoms with Gasteiger partial charge in [-0.3, -0.25) is 9.59 Å². The second-order valence-electron chi connectivity index (χ2n) is 8.42. The molecular weight excluding hydrogens is 422 g/mol. The van der Waals surface area contributed by atoms with Gasteiger partial charge in [0.1, 0.15) is 5.75 Å². The van der Waals surface area contributed by atoms with Crippen LogP contribution in [0.15, 0.2) is 17.0 Å². The van der Waals surface area contributed by atoms with E-state index in [9.17, 15) is 18.0 Å². The molecule has 1 aromatic carbocycles. The van der Waals surface area contributed by atoms with Crippen molar-refractivity contribution < 1.29 is 27.5 Å². The highest BCUT2D eigenvalue weighted by molar-refractivity contribution is 7.89. The van der Waals surface area contributed by atoms with Crippen molar-refractivity contribution in [1.29, 1.82) is 0 Å². The summed E-state index contributed by atoms with van der Waals surface area (Å²) in [7, 11) is -3.74. The largest absolute Gasteiger partial charge is 0.479 e. The molecule has 3 aliphatic rings. The van der Waals surface area contributed by atoms with Gasteiger partial charge in [-0.2, -0.15) is 4.31 Å². The molecule has 0 unspecified atom stereocenters. The lowest BCUT2D eigenvalue weighted by Gasteiger charge is -2.31. The summed E-state index contributed by atoms with van der Waals surface area (Å²) in [6, 6.07) is 3.10. The molecule has 170 valence electrons. The fourth-order valence-corrected chi connectivity index (χ4v) is 5.97. The molecule has 4 rings (SSSR count). The van der Waals surface area contributed by atoms with Gasteiger partial charge >= 0.3 is 0 Å². The van der Waals surface area contributed by atoms with Gasteiger partial charge < -0.3 is 20.1 Å². The Morgan fingerprint density at radius 2 is 2.00 bits per heavy atom. The number of rotatable bonds is 5. The van der Waals surface area contributed by atoms with Crippen molar-refractivity contribution in [3.05, 3.63) is 17.7 Å². The standard InChI is InChI=1S/C21H29N3O6S/c1-13-10-17-18(30-14(2)20(25)23-17)11-19(13)31(27,28)24-7-5-15(6-8-24)21(26)22-12-16-4-3-9-29-16/h10-11,14-16H,3-9,12H2,1-2H3,(H,22,26)(H,23,25)/t14-,16-/m0/s1. The van der Waals surface area contributed by atoms with Crippen molar-refractivity contribution in [1.82, 2.24) is 9.62 Å². The number of aryl methyl sites for hydroxylation is 1. The third-order valence-corrected chi connectivity index (χ3v) is 8.22. The maximum Gasteiger partial charge on any atom is 0.265 e. The van der Waals surface area contributed by atoms with E-state index in [4.69, 9.17) is 9.47 Å². The van der Waals surface area contributed by atoms with Crippen LogP contribution >= 0.6 is 0 Å². The summed E-state index contributed by atoms with van der Waals surface area (Å²) in [4.78, 5) is 24.4. The second-order valence-corrected chi connectivity index (χ2v) is 10.3. The van der Waals surface area contributed by atoms with Crippen molar-refractivity contribution in [3.8, 4) is 5.75 Å². The average molecular weight is 452 g/mol. The van der Waals surface area contributed by atoms with E-state index in [0.717, 1.165) is 19.4 Å². The molecule has 0 aliphatic carbocycles. The third kappa shape index (κ3) is 4.56. The number of piperidine rings is 1. The summed E-state index contributed by atoms with van der Waals surface area (Å²) < 4.78 is 39.1. The summed E-state index contributed by atoms with van der Waals surface area (Å²) >= 11 is 0. The van der Waals surface area contributed by atoms with Crippen LogP contribution in [-0.4, -0.2) is 63.0 Å². The van der Waals surface area contributed by atoms with Crippen LogP contribution in [0.3, 0.4) is 0 Å². The summed E-state index contributed by atoms with van der Waals surface area (Å²) in [5, 5.41) is 5.68. The molecule has 2 fully saturated rings. The Balaban J connectivity index is 1.40. The quantitative estimate of drug-likeness (QED) is 0.700. The lowest BCUT2D eigenvalue weighted by atomic mass is 9.97. The lowest BCUT2D eigenvalue weighted by molar-refractivity contribution is -0.126. The van der Waals surface area contributed by atoms with E-state index in [2.05, 4.69) is 10.6 Å². The Hall–Kier alpha value is -2.17. The van der Waals surface area contributed by atoms with Crippen molar-refractivity contribution >= 4 is 27.5 Å². The second kappa shape index (κ2) is 8.76. The number of hydrogen-bond acceptors (Lipinski definition) is 6.